The third kappa shape index (κ3) is 4.00. The van der Waals surface area contributed by atoms with Crippen LogP contribution in [0.3, 0.4) is 0 Å². The van der Waals surface area contributed by atoms with Crippen molar-refractivity contribution in [1.82, 2.24) is 14.8 Å². The highest BCUT2D eigenvalue weighted by atomic mass is 19.1. The van der Waals surface area contributed by atoms with Crippen LogP contribution in [0.15, 0.2) is 18.2 Å². The van der Waals surface area contributed by atoms with Crippen LogP contribution < -0.4 is 10.6 Å². The fourth-order valence-electron chi connectivity index (χ4n) is 5.38. The second-order valence-corrected chi connectivity index (χ2v) is 9.67. The van der Waals surface area contributed by atoms with E-state index in [4.69, 9.17) is 0 Å². The van der Waals surface area contributed by atoms with E-state index in [9.17, 15) is 18.8 Å². The molecule has 178 valence electrons. The average Bonchev–Trinajstić information content (AvgIpc) is 3.06. The molecule has 0 saturated heterocycles. The lowest BCUT2D eigenvalue weighted by molar-refractivity contribution is -0.135. The number of carbonyl (C=O) groups excluding carboxylic acids is 3. The molecule has 8 heteroatoms. The van der Waals surface area contributed by atoms with Gasteiger partial charge >= 0.3 is 0 Å². The first-order chi connectivity index (χ1) is 15.7. The summed E-state index contributed by atoms with van der Waals surface area (Å²) in [6.07, 6.45) is 5.93. The van der Waals surface area contributed by atoms with E-state index in [1.54, 1.807) is 15.5 Å². The van der Waals surface area contributed by atoms with E-state index in [0.717, 1.165) is 25.7 Å². The highest BCUT2D eigenvalue weighted by Crippen LogP contribution is 2.40. The van der Waals surface area contributed by atoms with Gasteiger partial charge in [-0.05, 0) is 51.3 Å². The molecule has 1 saturated carbocycles. The van der Waals surface area contributed by atoms with Gasteiger partial charge in [-0.3, -0.25) is 14.4 Å². The van der Waals surface area contributed by atoms with Crippen molar-refractivity contribution in [1.29, 1.82) is 0 Å². The lowest BCUT2D eigenvalue weighted by Crippen LogP contribution is -2.67. The van der Waals surface area contributed by atoms with E-state index in [0.29, 0.717) is 23.0 Å². The number of carbonyl (C=O) groups is 3. The van der Waals surface area contributed by atoms with Crippen LogP contribution >= 0.6 is 0 Å². The van der Waals surface area contributed by atoms with E-state index >= 15 is 0 Å². The highest BCUT2D eigenvalue weighted by Gasteiger charge is 2.50. The number of rotatable bonds is 5. The van der Waals surface area contributed by atoms with Gasteiger partial charge in [0.2, 0.25) is 11.8 Å². The molecule has 1 fully saturated rings. The number of nitrogens with zero attached hydrogens (tertiary/aromatic N) is 2. The summed E-state index contributed by atoms with van der Waals surface area (Å²) in [7, 11) is 0. The topological polar surface area (TPSA) is 83.4 Å². The lowest BCUT2D eigenvalue weighted by Gasteiger charge is -2.47. The molecular formula is C25H33FN4O3. The molecule has 3 amide bonds. The number of aromatic nitrogens is 1. The van der Waals surface area contributed by atoms with Gasteiger partial charge in [-0.15, -0.1) is 0 Å². The Balaban J connectivity index is 1.85. The zero-order valence-electron chi connectivity index (χ0n) is 19.8. The van der Waals surface area contributed by atoms with Gasteiger partial charge in [-0.25, -0.2) is 4.39 Å². The molecule has 2 unspecified atom stereocenters. The minimum absolute atomic E-state index is 0.115. The molecule has 2 atom stereocenters. The van der Waals surface area contributed by atoms with Crippen LogP contribution in [0.2, 0.25) is 0 Å². The lowest BCUT2D eigenvalue weighted by atomic mass is 9.90. The quantitative estimate of drug-likeness (QED) is 0.707. The smallest absolute Gasteiger partial charge is 0.273 e. The molecule has 4 rings (SSSR count). The van der Waals surface area contributed by atoms with Crippen molar-refractivity contribution in [3.63, 3.8) is 0 Å². The molecule has 7 nitrogen and oxygen atoms in total. The van der Waals surface area contributed by atoms with Crippen LogP contribution in [-0.2, 0) is 16.1 Å². The molecule has 0 radical (unpaired) electrons. The van der Waals surface area contributed by atoms with Gasteiger partial charge in [0.05, 0.1) is 17.7 Å². The molecule has 0 spiro atoms. The zero-order valence-corrected chi connectivity index (χ0v) is 19.8. The molecule has 0 bridgehead atoms. The number of fused-ring (bicyclic) bond motifs is 3. The van der Waals surface area contributed by atoms with Crippen molar-refractivity contribution in [2.45, 2.75) is 90.4 Å². The Morgan fingerprint density at radius 1 is 1.24 bits per heavy atom. The van der Waals surface area contributed by atoms with Gasteiger partial charge in [-0.1, -0.05) is 26.2 Å². The Morgan fingerprint density at radius 3 is 2.58 bits per heavy atom. The second kappa shape index (κ2) is 8.80. The van der Waals surface area contributed by atoms with Crippen molar-refractivity contribution in [3.8, 4) is 0 Å². The van der Waals surface area contributed by atoms with Crippen molar-refractivity contribution >= 4 is 34.3 Å². The Hall–Kier alpha value is -2.90. The van der Waals surface area contributed by atoms with Gasteiger partial charge in [0, 0.05) is 24.4 Å². The maximum absolute atomic E-state index is 14.1. The van der Waals surface area contributed by atoms with Crippen molar-refractivity contribution in [3.05, 3.63) is 29.7 Å². The SMILES string of the molecule is CCC(C)N1C(=O)c2c(NC(C)=O)c3cc(F)ccc3n2CC1(C)C(=O)NC1CCCCC1. The third-order valence-corrected chi connectivity index (χ3v) is 7.21. The number of nitrogens with one attached hydrogen (secondary N) is 2. The number of anilines is 1. The average molecular weight is 457 g/mol. The van der Waals surface area contributed by atoms with Crippen LogP contribution in [0.4, 0.5) is 10.1 Å². The van der Waals surface area contributed by atoms with Gasteiger partial charge in [0.25, 0.3) is 5.91 Å². The fraction of sp³-hybridized carbons (Fsp3) is 0.560. The maximum atomic E-state index is 14.1. The molecule has 2 heterocycles. The van der Waals surface area contributed by atoms with E-state index in [1.807, 2.05) is 20.8 Å². The van der Waals surface area contributed by atoms with E-state index in [2.05, 4.69) is 10.6 Å². The predicted molar refractivity (Wildman–Crippen MR) is 126 cm³/mol. The molecule has 2 N–H and O–H groups in total. The molecule has 1 aromatic carbocycles. The Kier molecular flexibility index (Phi) is 6.20. The van der Waals surface area contributed by atoms with Crippen molar-refractivity contribution in [2.75, 3.05) is 5.32 Å². The molecule has 33 heavy (non-hydrogen) atoms. The summed E-state index contributed by atoms with van der Waals surface area (Å²) in [6, 6.07) is 4.17. The maximum Gasteiger partial charge on any atom is 0.273 e. The summed E-state index contributed by atoms with van der Waals surface area (Å²) in [6.45, 7) is 7.30. The minimum Gasteiger partial charge on any atom is -0.351 e. The fourth-order valence-corrected chi connectivity index (χ4v) is 5.38. The Morgan fingerprint density at radius 2 is 1.94 bits per heavy atom. The number of halogens is 1. The Labute approximate surface area is 193 Å². The molecule has 1 aromatic heterocycles. The van der Waals surface area contributed by atoms with Gasteiger partial charge in [-0.2, -0.15) is 0 Å². The van der Waals surface area contributed by atoms with E-state index in [-0.39, 0.29) is 42.0 Å². The van der Waals surface area contributed by atoms with Gasteiger partial charge in [0.15, 0.2) is 0 Å². The van der Waals surface area contributed by atoms with E-state index in [1.165, 1.54) is 25.5 Å². The number of hydrogen-bond acceptors (Lipinski definition) is 3. The van der Waals surface area contributed by atoms with Crippen molar-refractivity contribution < 1.29 is 18.8 Å². The van der Waals surface area contributed by atoms with Crippen LogP contribution in [-0.4, -0.2) is 44.8 Å². The third-order valence-electron chi connectivity index (χ3n) is 7.21. The molecule has 1 aliphatic carbocycles. The molecular weight excluding hydrogens is 423 g/mol. The molecule has 2 aromatic rings. The summed E-state index contributed by atoms with van der Waals surface area (Å²) in [5, 5.41) is 6.40. The number of amides is 3. The summed E-state index contributed by atoms with van der Waals surface area (Å²) in [5.41, 5.74) is 0.0770. The van der Waals surface area contributed by atoms with E-state index < -0.39 is 11.4 Å². The van der Waals surface area contributed by atoms with Crippen LogP contribution in [0.1, 0.15) is 76.7 Å². The largest absolute Gasteiger partial charge is 0.351 e. The van der Waals surface area contributed by atoms with Crippen molar-refractivity contribution in [2.24, 2.45) is 0 Å². The number of benzene rings is 1. The first-order valence-electron chi connectivity index (χ1n) is 11.9. The van der Waals surface area contributed by atoms with Crippen LogP contribution in [0.25, 0.3) is 10.9 Å². The first kappa shape index (κ1) is 23.3. The number of hydrogen-bond donors (Lipinski definition) is 2. The monoisotopic (exact) mass is 456 g/mol. The predicted octanol–water partition coefficient (Wildman–Crippen LogP) is 4.20. The summed E-state index contributed by atoms with van der Waals surface area (Å²) in [4.78, 5) is 41.3. The van der Waals surface area contributed by atoms with Crippen LogP contribution in [0.5, 0.6) is 0 Å². The second-order valence-electron chi connectivity index (χ2n) is 9.67. The normalized spacial score (nSPS) is 22.2. The minimum atomic E-state index is -1.12. The van der Waals surface area contributed by atoms with Gasteiger partial charge < -0.3 is 20.1 Å². The van der Waals surface area contributed by atoms with Crippen LogP contribution in [0, 0.1) is 5.82 Å². The summed E-state index contributed by atoms with van der Waals surface area (Å²) < 4.78 is 15.9. The summed E-state index contributed by atoms with van der Waals surface area (Å²) in [5.74, 6) is -1.31. The molecule has 2 aliphatic rings. The first-order valence-corrected chi connectivity index (χ1v) is 11.9. The standard InChI is InChI=1S/C25H33FN4O3/c1-5-15(2)30-23(32)22-21(27-16(3)31)19-13-17(26)11-12-20(19)29(22)14-25(30,4)24(33)28-18-9-7-6-8-10-18/h11-13,15,18H,5-10,14H2,1-4H3,(H,27,31)(H,28,33). The zero-order chi connectivity index (χ0) is 23.9. The summed E-state index contributed by atoms with van der Waals surface area (Å²) >= 11 is 0. The highest BCUT2D eigenvalue weighted by molar-refractivity contribution is 6.14. The van der Waals surface area contributed by atoms with Gasteiger partial charge in [0.1, 0.15) is 17.1 Å². The Bertz CT molecular complexity index is 1100. The molecule has 1 aliphatic heterocycles.